The van der Waals surface area contributed by atoms with Crippen LogP contribution >= 0.6 is 11.3 Å². The number of nitrogens with zero attached hydrogens (tertiary/aromatic N) is 3. The van der Waals surface area contributed by atoms with Crippen LogP contribution in [-0.2, 0) is 6.54 Å². The van der Waals surface area contributed by atoms with E-state index in [-0.39, 0.29) is 0 Å². The fourth-order valence-corrected chi connectivity index (χ4v) is 3.76. The van der Waals surface area contributed by atoms with Crippen LogP contribution in [0.1, 0.15) is 29.4 Å². The van der Waals surface area contributed by atoms with Crippen LogP contribution in [0.5, 0.6) is 0 Å². The molecule has 0 bridgehead atoms. The monoisotopic (exact) mass is 325 g/mol. The fourth-order valence-electron chi connectivity index (χ4n) is 3.11. The predicted molar refractivity (Wildman–Crippen MR) is 91.4 cm³/mol. The zero-order chi connectivity index (χ0) is 15.6. The molecule has 0 saturated carbocycles. The van der Waals surface area contributed by atoms with Crippen LogP contribution in [0.15, 0.2) is 46.3 Å². The molecule has 1 atom stereocenters. The highest BCUT2D eigenvalue weighted by molar-refractivity contribution is 7.13. The van der Waals surface area contributed by atoms with Crippen molar-refractivity contribution >= 4 is 11.3 Å². The topological polar surface area (TPSA) is 42.2 Å². The van der Waals surface area contributed by atoms with Crippen LogP contribution in [0, 0.1) is 6.92 Å². The van der Waals surface area contributed by atoms with Crippen molar-refractivity contribution in [1.82, 2.24) is 15.0 Å². The van der Waals surface area contributed by atoms with E-state index in [1.807, 2.05) is 17.5 Å². The van der Waals surface area contributed by atoms with Gasteiger partial charge in [-0.3, -0.25) is 4.90 Å². The van der Waals surface area contributed by atoms with E-state index in [1.54, 1.807) is 11.3 Å². The molecule has 1 saturated heterocycles. The van der Waals surface area contributed by atoms with Crippen LogP contribution in [0.3, 0.4) is 0 Å². The second-order valence-corrected chi connectivity index (χ2v) is 7.03. The van der Waals surface area contributed by atoms with Gasteiger partial charge in [0.25, 0.3) is 0 Å². The molecule has 2 aromatic heterocycles. The first-order valence-corrected chi connectivity index (χ1v) is 8.82. The van der Waals surface area contributed by atoms with Crippen molar-refractivity contribution in [3.05, 3.63) is 58.8 Å². The van der Waals surface area contributed by atoms with E-state index < -0.39 is 0 Å². The van der Waals surface area contributed by atoms with Gasteiger partial charge < -0.3 is 4.52 Å². The molecule has 0 unspecified atom stereocenters. The van der Waals surface area contributed by atoms with E-state index in [0.717, 1.165) is 36.8 Å². The largest absolute Gasteiger partial charge is 0.339 e. The molecule has 5 heteroatoms. The third-order valence-corrected chi connectivity index (χ3v) is 5.33. The van der Waals surface area contributed by atoms with E-state index in [2.05, 4.69) is 46.2 Å². The molecule has 3 aromatic rings. The van der Waals surface area contributed by atoms with Crippen LogP contribution in [0.25, 0.3) is 10.7 Å². The quantitative estimate of drug-likeness (QED) is 0.724. The van der Waals surface area contributed by atoms with Crippen LogP contribution in [0.2, 0.25) is 0 Å². The van der Waals surface area contributed by atoms with Crippen molar-refractivity contribution in [2.75, 3.05) is 13.1 Å². The van der Waals surface area contributed by atoms with Gasteiger partial charge in [0.05, 0.1) is 10.8 Å². The number of benzene rings is 1. The van der Waals surface area contributed by atoms with E-state index in [1.165, 1.54) is 11.1 Å². The Labute approximate surface area is 139 Å². The lowest BCUT2D eigenvalue weighted by Gasteiger charge is -2.16. The average Bonchev–Trinajstić information content (AvgIpc) is 3.30. The molecular weight excluding hydrogens is 306 g/mol. The maximum absolute atomic E-state index is 5.51. The lowest BCUT2D eigenvalue weighted by atomic mass is 10.1. The number of aryl methyl sites for hydroxylation is 1. The summed E-state index contributed by atoms with van der Waals surface area (Å²) in [6, 6.07) is 12.6. The van der Waals surface area contributed by atoms with E-state index in [0.29, 0.717) is 11.7 Å². The zero-order valence-electron chi connectivity index (χ0n) is 13.1. The minimum atomic E-state index is 0.347. The number of hydrogen-bond acceptors (Lipinski definition) is 5. The summed E-state index contributed by atoms with van der Waals surface area (Å²) >= 11 is 1.64. The Morgan fingerprint density at radius 1 is 1.26 bits per heavy atom. The first kappa shape index (κ1) is 14.6. The third-order valence-electron chi connectivity index (χ3n) is 4.46. The molecule has 0 spiro atoms. The first-order valence-electron chi connectivity index (χ1n) is 7.94. The number of likely N-dealkylation sites (tertiary alicyclic amines) is 1. The molecule has 1 aliphatic rings. The van der Waals surface area contributed by atoms with Gasteiger partial charge in [0, 0.05) is 13.1 Å². The van der Waals surface area contributed by atoms with Crippen LogP contribution < -0.4 is 0 Å². The Kier molecular flexibility index (Phi) is 3.97. The second kappa shape index (κ2) is 6.26. The molecule has 3 heterocycles. The van der Waals surface area contributed by atoms with Gasteiger partial charge in [-0.25, -0.2) is 0 Å². The minimum Gasteiger partial charge on any atom is -0.339 e. The van der Waals surface area contributed by atoms with Crippen LogP contribution in [-0.4, -0.2) is 28.1 Å². The number of aromatic nitrogens is 2. The highest BCUT2D eigenvalue weighted by Crippen LogP contribution is 2.30. The van der Waals surface area contributed by atoms with E-state index in [9.17, 15) is 0 Å². The number of thiophene rings is 1. The molecule has 0 radical (unpaired) electrons. The third kappa shape index (κ3) is 3.07. The summed E-state index contributed by atoms with van der Waals surface area (Å²) in [7, 11) is 0. The maximum atomic E-state index is 5.51. The van der Waals surface area contributed by atoms with Gasteiger partial charge in [-0.2, -0.15) is 4.98 Å². The fraction of sp³-hybridized carbons (Fsp3) is 0.333. The lowest BCUT2D eigenvalue weighted by molar-refractivity contribution is 0.309. The van der Waals surface area contributed by atoms with Gasteiger partial charge in [0.15, 0.2) is 0 Å². The summed E-state index contributed by atoms with van der Waals surface area (Å²) in [6.45, 7) is 5.24. The highest BCUT2D eigenvalue weighted by Gasteiger charge is 2.28. The molecule has 4 rings (SSSR count). The molecule has 23 heavy (non-hydrogen) atoms. The standard InChI is InChI=1S/C18H19N3OS/c1-13-5-2-3-6-14(13)11-21-9-8-15(12-21)18-19-17(20-22-18)16-7-4-10-23-16/h2-7,10,15H,8-9,11-12H2,1H3/t15-/m1/s1. The molecule has 0 aliphatic carbocycles. The van der Waals surface area contributed by atoms with Crippen molar-refractivity contribution in [3.8, 4) is 10.7 Å². The predicted octanol–water partition coefficient (Wildman–Crippen LogP) is 4.10. The molecule has 4 nitrogen and oxygen atoms in total. The summed E-state index contributed by atoms with van der Waals surface area (Å²) < 4.78 is 5.51. The van der Waals surface area contributed by atoms with Crippen molar-refractivity contribution < 1.29 is 4.52 Å². The van der Waals surface area contributed by atoms with Crippen molar-refractivity contribution in [2.45, 2.75) is 25.8 Å². The summed E-state index contributed by atoms with van der Waals surface area (Å²) in [5, 5.41) is 6.16. The van der Waals surface area contributed by atoms with E-state index >= 15 is 0 Å². The second-order valence-electron chi connectivity index (χ2n) is 6.08. The van der Waals surface area contributed by atoms with Gasteiger partial charge >= 0.3 is 0 Å². The Hall–Kier alpha value is -1.98. The van der Waals surface area contributed by atoms with Crippen LogP contribution in [0.4, 0.5) is 0 Å². The normalized spacial score (nSPS) is 18.6. The van der Waals surface area contributed by atoms with Crippen molar-refractivity contribution in [2.24, 2.45) is 0 Å². The van der Waals surface area contributed by atoms with Gasteiger partial charge in [0.2, 0.25) is 11.7 Å². The molecule has 0 N–H and O–H groups in total. The minimum absolute atomic E-state index is 0.347. The van der Waals surface area contributed by atoms with E-state index in [4.69, 9.17) is 4.52 Å². The van der Waals surface area contributed by atoms with Gasteiger partial charge in [-0.1, -0.05) is 35.5 Å². The van der Waals surface area contributed by atoms with Crippen molar-refractivity contribution in [3.63, 3.8) is 0 Å². The van der Waals surface area contributed by atoms with Gasteiger partial charge in [0.1, 0.15) is 0 Å². The average molecular weight is 325 g/mol. The zero-order valence-corrected chi connectivity index (χ0v) is 13.9. The molecule has 1 aliphatic heterocycles. The Morgan fingerprint density at radius 3 is 3.00 bits per heavy atom. The smallest absolute Gasteiger partial charge is 0.231 e. The molecule has 1 fully saturated rings. The van der Waals surface area contributed by atoms with Gasteiger partial charge in [-0.15, -0.1) is 11.3 Å². The summed E-state index contributed by atoms with van der Waals surface area (Å²) in [5.74, 6) is 1.84. The molecule has 1 aromatic carbocycles. The van der Waals surface area contributed by atoms with Crippen molar-refractivity contribution in [1.29, 1.82) is 0 Å². The summed E-state index contributed by atoms with van der Waals surface area (Å²) in [5.41, 5.74) is 2.76. The maximum Gasteiger partial charge on any atom is 0.231 e. The lowest BCUT2D eigenvalue weighted by Crippen LogP contribution is -2.20. The molecule has 118 valence electrons. The number of hydrogen-bond donors (Lipinski definition) is 0. The SMILES string of the molecule is Cc1ccccc1CN1CC[C@@H](c2nc(-c3cccs3)no2)C1. The Bertz CT molecular complexity index is 781. The summed E-state index contributed by atoms with van der Waals surface area (Å²) in [6.07, 6.45) is 1.08. The number of rotatable bonds is 4. The summed E-state index contributed by atoms with van der Waals surface area (Å²) in [4.78, 5) is 8.14. The van der Waals surface area contributed by atoms with Gasteiger partial charge in [-0.05, 0) is 42.5 Å². The Balaban J connectivity index is 1.43. The molecular formula is C18H19N3OS. The highest BCUT2D eigenvalue weighted by atomic mass is 32.1. The molecule has 0 amide bonds. The Morgan fingerprint density at radius 2 is 2.17 bits per heavy atom. The first-order chi connectivity index (χ1) is 11.3.